The number of nitrogens with one attached hydrogen (secondary N) is 1. The number of amides is 1. The number of carbonyl (C=O) groups excluding carboxylic acids is 1. The van der Waals surface area contributed by atoms with Crippen LogP contribution >= 0.6 is 11.3 Å². The van der Waals surface area contributed by atoms with Crippen LogP contribution in [0.5, 0.6) is 0 Å². The fraction of sp³-hybridized carbons (Fsp3) is 0.611. The summed E-state index contributed by atoms with van der Waals surface area (Å²) in [6, 6.07) is 0.656. The normalized spacial score (nSPS) is 19.5. The summed E-state index contributed by atoms with van der Waals surface area (Å²) in [6.07, 6.45) is 6.21. The van der Waals surface area contributed by atoms with E-state index in [2.05, 4.69) is 34.0 Å². The Labute approximate surface area is 147 Å². The molecule has 0 spiro atoms. The number of aromatic nitrogens is 2. The zero-order valence-corrected chi connectivity index (χ0v) is 15.7. The molecule has 2 aromatic heterocycles. The molecule has 3 rings (SSSR count). The SMILES string of the molecule is CC[C@H](C)NC(=O)c1sc2ncnc(N3CCCC[C@@H]3C)c2c1C. The minimum absolute atomic E-state index is 0.00231. The lowest BCUT2D eigenvalue weighted by Crippen LogP contribution is -2.38. The first-order valence-corrected chi connectivity index (χ1v) is 9.66. The minimum Gasteiger partial charge on any atom is -0.353 e. The minimum atomic E-state index is 0.00231. The van der Waals surface area contributed by atoms with Gasteiger partial charge in [-0.25, -0.2) is 9.97 Å². The van der Waals surface area contributed by atoms with Gasteiger partial charge in [-0.05, 0) is 52.0 Å². The quantitative estimate of drug-likeness (QED) is 0.912. The number of hydrogen-bond acceptors (Lipinski definition) is 5. The van der Waals surface area contributed by atoms with Gasteiger partial charge in [-0.15, -0.1) is 11.3 Å². The van der Waals surface area contributed by atoms with Gasteiger partial charge in [0, 0.05) is 18.6 Å². The molecule has 2 aromatic rings. The average molecular weight is 347 g/mol. The molecule has 130 valence electrons. The van der Waals surface area contributed by atoms with Gasteiger partial charge in [0.05, 0.1) is 10.3 Å². The Hall–Kier alpha value is -1.69. The Bertz CT molecular complexity index is 742. The van der Waals surface area contributed by atoms with Crippen molar-refractivity contribution in [1.29, 1.82) is 0 Å². The number of carbonyl (C=O) groups is 1. The summed E-state index contributed by atoms with van der Waals surface area (Å²) < 4.78 is 0. The molecule has 1 fully saturated rings. The van der Waals surface area contributed by atoms with Crippen molar-refractivity contribution in [3.63, 3.8) is 0 Å². The first-order chi connectivity index (χ1) is 11.5. The molecule has 2 atom stereocenters. The number of thiophene rings is 1. The zero-order chi connectivity index (χ0) is 17.3. The van der Waals surface area contributed by atoms with Crippen LogP contribution in [0.15, 0.2) is 6.33 Å². The molecule has 1 amide bonds. The first kappa shape index (κ1) is 17.1. The van der Waals surface area contributed by atoms with Crippen molar-refractivity contribution in [2.24, 2.45) is 0 Å². The van der Waals surface area contributed by atoms with Crippen molar-refractivity contribution < 1.29 is 4.79 Å². The lowest BCUT2D eigenvalue weighted by Gasteiger charge is -2.34. The third kappa shape index (κ3) is 3.11. The summed E-state index contributed by atoms with van der Waals surface area (Å²) in [4.78, 5) is 25.6. The number of hydrogen-bond donors (Lipinski definition) is 1. The highest BCUT2D eigenvalue weighted by atomic mass is 32.1. The highest BCUT2D eigenvalue weighted by Crippen LogP contribution is 2.36. The van der Waals surface area contributed by atoms with Crippen LogP contribution in [0.1, 0.15) is 61.7 Å². The molecule has 3 heterocycles. The highest BCUT2D eigenvalue weighted by Gasteiger charge is 2.26. The maximum Gasteiger partial charge on any atom is 0.261 e. The third-order valence-electron chi connectivity index (χ3n) is 4.98. The van der Waals surface area contributed by atoms with E-state index in [9.17, 15) is 4.79 Å². The largest absolute Gasteiger partial charge is 0.353 e. The van der Waals surface area contributed by atoms with Crippen molar-refractivity contribution in [3.05, 3.63) is 16.8 Å². The van der Waals surface area contributed by atoms with Crippen LogP contribution in [-0.2, 0) is 0 Å². The number of anilines is 1. The van der Waals surface area contributed by atoms with Gasteiger partial charge in [0.25, 0.3) is 5.91 Å². The molecule has 0 saturated carbocycles. The van der Waals surface area contributed by atoms with E-state index in [1.54, 1.807) is 6.33 Å². The smallest absolute Gasteiger partial charge is 0.261 e. The molecule has 6 heteroatoms. The Morgan fingerprint density at radius 3 is 2.96 bits per heavy atom. The van der Waals surface area contributed by atoms with Crippen LogP contribution in [-0.4, -0.2) is 34.5 Å². The molecule has 1 saturated heterocycles. The van der Waals surface area contributed by atoms with E-state index in [1.807, 2.05) is 13.8 Å². The van der Waals surface area contributed by atoms with Crippen molar-refractivity contribution in [2.45, 2.75) is 65.5 Å². The Kier molecular flexibility index (Phi) is 5.04. The summed E-state index contributed by atoms with van der Waals surface area (Å²) >= 11 is 1.47. The number of fused-ring (bicyclic) bond motifs is 1. The van der Waals surface area contributed by atoms with Gasteiger partial charge in [-0.2, -0.15) is 0 Å². The molecular formula is C18H26N4OS. The van der Waals surface area contributed by atoms with Crippen molar-refractivity contribution in [3.8, 4) is 0 Å². The molecule has 0 unspecified atom stereocenters. The van der Waals surface area contributed by atoms with E-state index < -0.39 is 0 Å². The van der Waals surface area contributed by atoms with Crippen molar-refractivity contribution in [2.75, 3.05) is 11.4 Å². The highest BCUT2D eigenvalue weighted by molar-refractivity contribution is 7.20. The molecule has 0 aromatic carbocycles. The standard InChI is InChI=1S/C18H26N4OS/c1-5-11(2)21-17(23)15-13(4)14-16(19-10-20-18(14)24-15)22-9-7-6-8-12(22)3/h10-12H,5-9H2,1-4H3,(H,21,23)/t11-,12-/m0/s1. The molecule has 0 bridgehead atoms. The third-order valence-corrected chi connectivity index (χ3v) is 6.18. The van der Waals surface area contributed by atoms with E-state index in [0.29, 0.717) is 6.04 Å². The maximum atomic E-state index is 12.6. The monoisotopic (exact) mass is 346 g/mol. The van der Waals surface area contributed by atoms with E-state index in [-0.39, 0.29) is 11.9 Å². The van der Waals surface area contributed by atoms with E-state index in [4.69, 9.17) is 0 Å². The van der Waals surface area contributed by atoms with Gasteiger partial charge in [-0.3, -0.25) is 4.79 Å². The number of rotatable bonds is 4. The Balaban J connectivity index is 2.02. The fourth-order valence-corrected chi connectivity index (χ4v) is 4.34. The molecule has 1 N–H and O–H groups in total. The van der Waals surface area contributed by atoms with Gasteiger partial charge in [-0.1, -0.05) is 6.92 Å². The summed E-state index contributed by atoms with van der Waals surface area (Å²) in [5.74, 6) is 0.992. The lowest BCUT2D eigenvalue weighted by atomic mass is 10.0. The van der Waals surface area contributed by atoms with Gasteiger partial charge < -0.3 is 10.2 Å². The van der Waals surface area contributed by atoms with Crippen molar-refractivity contribution in [1.82, 2.24) is 15.3 Å². The van der Waals surface area contributed by atoms with E-state index in [0.717, 1.165) is 39.4 Å². The average Bonchev–Trinajstić information content (AvgIpc) is 2.92. The fourth-order valence-electron chi connectivity index (χ4n) is 3.29. The molecule has 1 aliphatic heterocycles. The summed E-state index contributed by atoms with van der Waals surface area (Å²) in [5.41, 5.74) is 1.00. The van der Waals surface area contributed by atoms with E-state index >= 15 is 0 Å². The van der Waals surface area contributed by atoms with Gasteiger partial charge in [0.15, 0.2) is 0 Å². The maximum absolute atomic E-state index is 12.6. The van der Waals surface area contributed by atoms with Crippen LogP contribution in [0.25, 0.3) is 10.2 Å². The number of nitrogens with zero attached hydrogens (tertiary/aromatic N) is 3. The van der Waals surface area contributed by atoms with Crippen LogP contribution < -0.4 is 10.2 Å². The van der Waals surface area contributed by atoms with Gasteiger partial charge >= 0.3 is 0 Å². The second kappa shape index (κ2) is 7.05. The van der Waals surface area contributed by atoms with Crippen LogP contribution in [0.2, 0.25) is 0 Å². The lowest BCUT2D eigenvalue weighted by molar-refractivity contribution is 0.0943. The predicted octanol–water partition coefficient (Wildman–Crippen LogP) is 3.91. The second-order valence-electron chi connectivity index (χ2n) is 6.75. The molecule has 0 aliphatic carbocycles. The summed E-state index contributed by atoms with van der Waals surface area (Å²) in [5, 5.41) is 4.11. The Morgan fingerprint density at radius 1 is 1.46 bits per heavy atom. The molecule has 0 radical (unpaired) electrons. The van der Waals surface area contributed by atoms with Gasteiger partial charge in [0.1, 0.15) is 17.0 Å². The van der Waals surface area contributed by atoms with Crippen molar-refractivity contribution >= 4 is 33.3 Å². The van der Waals surface area contributed by atoms with Crippen LogP contribution in [0, 0.1) is 6.92 Å². The topological polar surface area (TPSA) is 58.1 Å². The molecule has 1 aliphatic rings. The summed E-state index contributed by atoms with van der Waals surface area (Å²) in [7, 11) is 0. The summed E-state index contributed by atoms with van der Waals surface area (Å²) in [6.45, 7) is 9.40. The first-order valence-electron chi connectivity index (χ1n) is 8.84. The van der Waals surface area contributed by atoms with E-state index in [1.165, 1.54) is 30.6 Å². The van der Waals surface area contributed by atoms with Crippen LogP contribution in [0.4, 0.5) is 5.82 Å². The molecule has 24 heavy (non-hydrogen) atoms. The number of aryl methyl sites for hydroxylation is 1. The Morgan fingerprint density at radius 2 is 2.25 bits per heavy atom. The predicted molar refractivity (Wildman–Crippen MR) is 100 cm³/mol. The van der Waals surface area contributed by atoms with Crippen LogP contribution in [0.3, 0.4) is 0 Å². The van der Waals surface area contributed by atoms with Gasteiger partial charge in [0.2, 0.25) is 0 Å². The number of piperidine rings is 1. The molecule has 5 nitrogen and oxygen atoms in total. The molecular weight excluding hydrogens is 320 g/mol. The second-order valence-corrected chi connectivity index (χ2v) is 7.75. The zero-order valence-electron chi connectivity index (χ0n) is 14.9.